The maximum absolute atomic E-state index is 12.4. The quantitative estimate of drug-likeness (QED) is 0.839. The molecule has 0 radical (unpaired) electrons. The number of thiazole rings is 1. The van der Waals surface area contributed by atoms with Crippen molar-refractivity contribution in [2.75, 3.05) is 12.4 Å². The molecule has 1 N–H and O–H groups in total. The van der Waals surface area contributed by atoms with Gasteiger partial charge in [-0.3, -0.25) is 10.1 Å². The number of nitrogens with one attached hydrogen (secondary N) is 1. The summed E-state index contributed by atoms with van der Waals surface area (Å²) >= 11 is 2.99. The number of hydrogen-bond acceptors (Lipinski definition) is 7. The third kappa shape index (κ3) is 2.88. The fraction of sp³-hybridized carbons (Fsp3) is 0.667. The van der Waals surface area contributed by atoms with Gasteiger partial charge in [0, 0.05) is 17.9 Å². The minimum absolute atomic E-state index is 0.224. The largest absolute Gasteiger partial charge is 0.378 e. The monoisotopic (exact) mass is 390 g/mol. The van der Waals surface area contributed by atoms with Crippen molar-refractivity contribution in [3.8, 4) is 0 Å². The predicted molar refractivity (Wildman–Crippen MR) is 101 cm³/mol. The summed E-state index contributed by atoms with van der Waals surface area (Å²) in [5.41, 5.74) is 0.635. The van der Waals surface area contributed by atoms with Crippen molar-refractivity contribution in [2.24, 2.45) is 17.8 Å². The first-order valence-corrected chi connectivity index (χ1v) is 10.9. The molecule has 4 saturated carbocycles. The molecule has 26 heavy (non-hydrogen) atoms. The molecule has 0 aromatic carbocycles. The summed E-state index contributed by atoms with van der Waals surface area (Å²) in [4.78, 5) is 16.7. The molecule has 6 nitrogen and oxygen atoms in total. The summed E-state index contributed by atoms with van der Waals surface area (Å²) in [5.74, 6) is 2.39. The zero-order chi connectivity index (χ0) is 17.7. The molecule has 2 aromatic heterocycles. The highest BCUT2D eigenvalue weighted by Crippen LogP contribution is 2.61. The molecule has 4 aliphatic carbocycles. The molecular weight excluding hydrogens is 368 g/mol. The van der Waals surface area contributed by atoms with Gasteiger partial charge in [-0.2, -0.15) is 0 Å². The Bertz CT molecular complexity index is 795. The number of carbonyl (C=O) groups is 1. The molecule has 4 fully saturated rings. The Labute approximate surface area is 160 Å². The van der Waals surface area contributed by atoms with Crippen LogP contribution in [0.4, 0.5) is 5.13 Å². The molecule has 8 heteroatoms. The standard InChI is InChI=1S/C18H22N4O2S2/c1-24-8-14-19-13(9-25-14)15(23)20-17-22-21-16(26-17)18-5-10-2-11(6-18)4-12(3-10)7-18/h9-12H,2-8H2,1H3,(H,20,22,23). The van der Waals surface area contributed by atoms with E-state index in [1.807, 2.05) is 0 Å². The van der Waals surface area contributed by atoms with Crippen molar-refractivity contribution in [3.63, 3.8) is 0 Å². The Balaban J connectivity index is 1.32. The molecule has 0 spiro atoms. The van der Waals surface area contributed by atoms with Crippen LogP contribution in [0.3, 0.4) is 0 Å². The Hall–Kier alpha value is -1.38. The number of rotatable bonds is 5. The third-order valence-corrected chi connectivity index (χ3v) is 8.10. The molecule has 138 valence electrons. The maximum Gasteiger partial charge on any atom is 0.276 e. The Morgan fingerprint density at radius 3 is 2.58 bits per heavy atom. The molecule has 0 unspecified atom stereocenters. The van der Waals surface area contributed by atoms with Crippen molar-refractivity contribution in [1.29, 1.82) is 0 Å². The van der Waals surface area contributed by atoms with E-state index in [1.54, 1.807) is 23.8 Å². The lowest BCUT2D eigenvalue weighted by molar-refractivity contribution is -0.00555. The summed E-state index contributed by atoms with van der Waals surface area (Å²) in [5, 5.41) is 15.9. The molecule has 2 heterocycles. The Kier molecular flexibility index (Phi) is 4.10. The topological polar surface area (TPSA) is 77.0 Å². The number of aromatic nitrogens is 3. The van der Waals surface area contributed by atoms with E-state index in [9.17, 15) is 4.79 Å². The number of nitrogens with zero attached hydrogens (tertiary/aromatic N) is 3. The van der Waals surface area contributed by atoms with Crippen LogP contribution in [0.2, 0.25) is 0 Å². The first kappa shape index (κ1) is 16.8. The number of methoxy groups -OCH3 is 1. The van der Waals surface area contributed by atoms with E-state index in [-0.39, 0.29) is 11.3 Å². The SMILES string of the molecule is COCc1nc(C(=O)Nc2nnc(C34CC5CC(CC(C5)C3)C4)s2)cs1. The molecule has 4 bridgehead atoms. The summed E-state index contributed by atoms with van der Waals surface area (Å²) in [6.07, 6.45) is 8.01. The maximum atomic E-state index is 12.4. The van der Waals surface area contributed by atoms with Gasteiger partial charge in [0.05, 0.1) is 6.61 Å². The number of hydrogen-bond donors (Lipinski definition) is 1. The smallest absolute Gasteiger partial charge is 0.276 e. The van der Waals surface area contributed by atoms with Crippen molar-refractivity contribution in [3.05, 3.63) is 21.1 Å². The Morgan fingerprint density at radius 1 is 1.23 bits per heavy atom. The molecular formula is C18H22N4O2S2. The highest BCUT2D eigenvalue weighted by Gasteiger charge is 2.53. The van der Waals surface area contributed by atoms with Gasteiger partial charge in [0.2, 0.25) is 5.13 Å². The van der Waals surface area contributed by atoms with Crippen LogP contribution in [-0.4, -0.2) is 28.2 Å². The zero-order valence-electron chi connectivity index (χ0n) is 14.7. The highest BCUT2D eigenvalue weighted by molar-refractivity contribution is 7.15. The summed E-state index contributed by atoms with van der Waals surface area (Å²) in [6, 6.07) is 0. The number of carbonyl (C=O) groups excluding carboxylic acids is 1. The average Bonchev–Trinajstić information content (AvgIpc) is 3.24. The van der Waals surface area contributed by atoms with E-state index in [4.69, 9.17) is 4.74 Å². The molecule has 6 rings (SSSR count). The minimum atomic E-state index is -0.225. The summed E-state index contributed by atoms with van der Waals surface area (Å²) in [7, 11) is 1.62. The van der Waals surface area contributed by atoms with E-state index in [2.05, 4.69) is 20.5 Å². The van der Waals surface area contributed by atoms with Crippen LogP contribution >= 0.6 is 22.7 Å². The van der Waals surface area contributed by atoms with Gasteiger partial charge in [-0.25, -0.2) is 4.98 Å². The first-order chi connectivity index (χ1) is 12.6. The van der Waals surface area contributed by atoms with Gasteiger partial charge in [0.15, 0.2) is 0 Å². The normalized spacial score (nSPS) is 32.1. The van der Waals surface area contributed by atoms with E-state index in [0.29, 0.717) is 17.4 Å². The molecule has 0 atom stereocenters. The van der Waals surface area contributed by atoms with Crippen LogP contribution in [0.25, 0.3) is 0 Å². The van der Waals surface area contributed by atoms with Crippen LogP contribution in [0.15, 0.2) is 5.38 Å². The fourth-order valence-corrected chi connectivity index (χ4v) is 7.33. The lowest BCUT2D eigenvalue weighted by Gasteiger charge is -2.55. The average molecular weight is 391 g/mol. The van der Waals surface area contributed by atoms with Crippen LogP contribution in [0, 0.1) is 17.8 Å². The zero-order valence-corrected chi connectivity index (χ0v) is 16.4. The summed E-state index contributed by atoms with van der Waals surface area (Å²) in [6.45, 7) is 0.424. The molecule has 4 aliphatic rings. The van der Waals surface area contributed by atoms with E-state index in [1.165, 1.54) is 49.9 Å². The third-order valence-electron chi connectivity index (χ3n) is 6.19. The molecule has 2 aromatic rings. The lowest BCUT2D eigenvalue weighted by atomic mass is 9.50. The predicted octanol–water partition coefficient (Wildman–Crippen LogP) is 3.86. The second-order valence-corrected chi connectivity index (χ2v) is 10.0. The Morgan fingerprint density at radius 2 is 1.92 bits per heavy atom. The second-order valence-electron chi connectivity index (χ2n) is 8.12. The van der Waals surface area contributed by atoms with Gasteiger partial charge < -0.3 is 4.74 Å². The van der Waals surface area contributed by atoms with Gasteiger partial charge >= 0.3 is 0 Å². The van der Waals surface area contributed by atoms with Crippen LogP contribution < -0.4 is 5.32 Å². The van der Waals surface area contributed by atoms with Gasteiger partial charge in [0.1, 0.15) is 15.7 Å². The first-order valence-electron chi connectivity index (χ1n) is 9.22. The van der Waals surface area contributed by atoms with E-state index in [0.717, 1.165) is 27.8 Å². The lowest BCUT2D eigenvalue weighted by Crippen LogP contribution is -2.48. The van der Waals surface area contributed by atoms with Crippen molar-refractivity contribution in [2.45, 2.75) is 50.5 Å². The second kappa shape index (κ2) is 6.35. The van der Waals surface area contributed by atoms with Crippen LogP contribution in [-0.2, 0) is 16.8 Å². The van der Waals surface area contributed by atoms with Crippen molar-refractivity contribution >= 4 is 33.7 Å². The van der Waals surface area contributed by atoms with Crippen LogP contribution in [0.5, 0.6) is 0 Å². The fourth-order valence-electron chi connectivity index (χ4n) is 5.63. The van der Waals surface area contributed by atoms with E-state index >= 15 is 0 Å². The van der Waals surface area contributed by atoms with Crippen molar-refractivity contribution < 1.29 is 9.53 Å². The number of amides is 1. The number of anilines is 1. The summed E-state index contributed by atoms with van der Waals surface area (Å²) < 4.78 is 5.06. The van der Waals surface area contributed by atoms with Gasteiger partial charge in [-0.1, -0.05) is 11.3 Å². The minimum Gasteiger partial charge on any atom is -0.378 e. The van der Waals surface area contributed by atoms with Gasteiger partial charge in [-0.05, 0) is 56.3 Å². The van der Waals surface area contributed by atoms with Crippen LogP contribution in [0.1, 0.15) is 59.0 Å². The molecule has 0 saturated heterocycles. The van der Waals surface area contributed by atoms with Crippen molar-refractivity contribution in [1.82, 2.24) is 15.2 Å². The highest BCUT2D eigenvalue weighted by atomic mass is 32.1. The van der Waals surface area contributed by atoms with Gasteiger partial charge in [0.25, 0.3) is 5.91 Å². The number of ether oxygens (including phenoxy) is 1. The molecule has 1 amide bonds. The van der Waals surface area contributed by atoms with E-state index < -0.39 is 0 Å². The van der Waals surface area contributed by atoms with Gasteiger partial charge in [-0.15, -0.1) is 21.5 Å². The molecule has 0 aliphatic heterocycles.